The molecule has 0 aromatic carbocycles. The molecule has 414 valence electrons. The molecule has 2 heterocycles. The lowest BCUT2D eigenvalue weighted by Gasteiger charge is -2.21. The quantitative estimate of drug-likeness (QED) is 0.0117. The van der Waals surface area contributed by atoms with Crippen LogP contribution in [0.1, 0.15) is 168 Å². The van der Waals surface area contributed by atoms with Gasteiger partial charge in [-0.05, 0) is 76.7 Å². The van der Waals surface area contributed by atoms with Crippen LogP contribution < -0.4 is 11.4 Å². The van der Waals surface area contributed by atoms with Gasteiger partial charge in [-0.1, -0.05) is 151 Å². The minimum Gasteiger partial charge on any atom is -0.462 e. The van der Waals surface area contributed by atoms with Crippen molar-refractivity contribution in [2.75, 3.05) is 25.6 Å². The molecule has 2 rings (SSSR count). The molecular weight excluding hydrogens is 985 g/mol. The molecule has 73 heavy (non-hydrogen) atoms. The Balaban J connectivity index is 1.83. The Kier molecular flexibility index (Phi) is 35.4. The van der Waals surface area contributed by atoms with E-state index in [1.54, 1.807) is 6.08 Å². The van der Waals surface area contributed by atoms with Crippen LogP contribution in [0, 0.1) is 0 Å². The Morgan fingerprint density at radius 2 is 1.32 bits per heavy atom. The van der Waals surface area contributed by atoms with Crippen molar-refractivity contribution >= 4 is 33.4 Å². The van der Waals surface area contributed by atoms with E-state index in [2.05, 4.69) is 28.4 Å². The molecule has 7 N–H and O–H groups in total. The van der Waals surface area contributed by atoms with E-state index >= 15 is 0 Å². The highest BCUT2D eigenvalue weighted by Gasteiger charge is 2.46. The fraction of sp³-hybridized carbons (Fsp3) is 0.654. The first-order valence-corrected chi connectivity index (χ1v) is 29.0. The molecule has 0 amide bonds. The average molecular weight is 1070 g/mol. The minimum absolute atomic E-state index is 0.0215. The van der Waals surface area contributed by atoms with Crippen LogP contribution >= 0.6 is 15.6 Å². The number of esters is 2. The van der Waals surface area contributed by atoms with E-state index in [1.807, 2.05) is 61.6 Å². The zero-order chi connectivity index (χ0) is 53.6. The number of phosphoric ester groups is 2. The molecule has 21 heteroatoms. The average Bonchev–Trinajstić information content (AvgIpc) is 3.62. The van der Waals surface area contributed by atoms with Crippen LogP contribution in [0.15, 0.2) is 90.0 Å². The normalized spacial score (nSPS) is 20.0. The van der Waals surface area contributed by atoms with Crippen LogP contribution in [0.25, 0.3) is 0 Å². The number of ether oxygens (including phenoxy) is 3. The van der Waals surface area contributed by atoms with Crippen LogP contribution in [0.5, 0.6) is 0 Å². The van der Waals surface area contributed by atoms with Crippen molar-refractivity contribution in [1.82, 2.24) is 9.55 Å². The number of allylic oxidation sites excluding steroid dienone is 10. The van der Waals surface area contributed by atoms with Crippen molar-refractivity contribution in [2.45, 2.75) is 198 Å². The molecule has 3 unspecified atom stereocenters. The van der Waals surface area contributed by atoms with E-state index in [0.717, 1.165) is 75.0 Å². The first-order valence-electron chi connectivity index (χ1n) is 26.1. The van der Waals surface area contributed by atoms with Gasteiger partial charge in [-0.15, -0.1) is 0 Å². The molecule has 0 aliphatic carbocycles. The molecular formula is C52H85N3O16P2. The van der Waals surface area contributed by atoms with Crippen LogP contribution in [0.3, 0.4) is 0 Å². The van der Waals surface area contributed by atoms with Crippen LogP contribution in [-0.4, -0.2) is 96.9 Å². The molecule has 1 fully saturated rings. The van der Waals surface area contributed by atoms with Gasteiger partial charge in [-0.25, -0.2) is 13.9 Å². The highest BCUT2D eigenvalue weighted by Crippen LogP contribution is 2.60. The largest absolute Gasteiger partial charge is 0.481 e. The number of nitrogens with two attached hydrogens (primary N) is 1. The molecule has 1 aliphatic rings. The molecule has 0 spiro atoms. The molecule has 8 atom stereocenters. The standard InChI is InChI=1S/C52H85N3O16P2/c1-3-5-7-8-9-10-11-12-13-14-15-16-21-24-27-30-33-37-48(58)69-44(40-66-47(57)36-32-29-26-23-20-18-17-19-22-25-28-31-35-43(56)34-6-4-2)41-67-72(62,63)71-73(64,65)68-42-45-49(59)50(60)51(70-45)55-39-38-46(53)54-52(55)61/h6,12-13,17-18,22-23,25-26,28,31,34,38-39,43-45,49-51,56,59-60H,3-5,7-11,14-16,19-21,24,27,29-30,32-33,35-37,40-42H2,1-2H3,(H,62,63)(H,64,65)(H2,53,54,61)/b13-12-,18-17-,25-22-,26-23-,31-28+,34-6-/t43?,44-,45-,49-,50-,51-/m1/s1. The lowest BCUT2D eigenvalue weighted by molar-refractivity contribution is -0.161. The van der Waals surface area contributed by atoms with Crippen molar-refractivity contribution in [2.24, 2.45) is 0 Å². The number of rotatable bonds is 42. The number of carbonyl (C=O) groups excluding carboxylic acids is 2. The highest BCUT2D eigenvalue weighted by molar-refractivity contribution is 7.61. The van der Waals surface area contributed by atoms with Gasteiger partial charge in [0.1, 0.15) is 30.7 Å². The van der Waals surface area contributed by atoms with Gasteiger partial charge >= 0.3 is 33.3 Å². The molecule has 1 aromatic rings. The van der Waals surface area contributed by atoms with Crippen molar-refractivity contribution < 1.29 is 71.4 Å². The van der Waals surface area contributed by atoms with E-state index in [4.69, 9.17) is 29.0 Å². The predicted molar refractivity (Wildman–Crippen MR) is 281 cm³/mol. The molecule has 19 nitrogen and oxygen atoms in total. The van der Waals surface area contributed by atoms with Gasteiger partial charge in [-0.3, -0.25) is 23.2 Å². The summed E-state index contributed by atoms with van der Waals surface area (Å²) in [5.41, 5.74) is 4.58. The Morgan fingerprint density at radius 3 is 1.99 bits per heavy atom. The van der Waals surface area contributed by atoms with Crippen molar-refractivity contribution in [3.05, 3.63) is 95.7 Å². The molecule has 0 radical (unpaired) electrons. The van der Waals surface area contributed by atoms with Gasteiger partial charge in [0.25, 0.3) is 0 Å². The summed E-state index contributed by atoms with van der Waals surface area (Å²) in [6.07, 6.45) is 37.5. The zero-order valence-electron chi connectivity index (χ0n) is 43.0. The third kappa shape index (κ3) is 32.3. The summed E-state index contributed by atoms with van der Waals surface area (Å²) < 4.78 is 56.7. The van der Waals surface area contributed by atoms with E-state index in [1.165, 1.54) is 44.6 Å². The summed E-state index contributed by atoms with van der Waals surface area (Å²) in [6.45, 7) is 1.85. The number of hydrogen-bond donors (Lipinski definition) is 6. The second kappa shape index (κ2) is 39.6. The number of unbranched alkanes of at least 4 members (excludes halogenated alkanes) is 14. The third-order valence-electron chi connectivity index (χ3n) is 11.3. The fourth-order valence-electron chi connectivity index (χ4n) is 7.30. The van der Waals surface area contributed by atoms with Gasteiger partial charge < -0.3 is 45.1 Å². The number of aliphatic hydroxyl groups is 3. The van der Waals surface area contributed by atoms with Gasteiger partial charge in [-0.2, -0.15) is 9.29 Å². The molecule has 1 aliphatic heterocycles. The van der Waals surface area contributed by atoms with Gasteiger partial charge in [0.2, 0.25) is 0 Å². The third-order valence-corrected chi connectivity index (χ3v) is 14.0. The SMILES string of the molecule is CC/C=C\C(O)C/C=C/C=C\C/C=C\C/C=C\CCCC(=O)OC[C@H](COP(=O)(O)OP(=O)(O)OC[C@H]1O[C@@H](n2ccc(N)nc2=O)[C@H](O)[C@@H]1O)OC(=O)CCCCCCCCC/C=C\CCCCCCCC. The van der Waals surface area contributed by atoms with E-state index in [-0.39, 0.29) is 18.7 Å². The molecule has 1 aromatic heterocycles. The second-order valence-electron chi connectivity index (χ2n) is 17.8. The summed E-state index contributed by atoms with van der Waals surface area (Å²) in [6, 6.07) is 1.24. The van der Waals surface area contributed by atoms with Crippen molar-refractivity contribution in [1.29, 1.82) is 0 Å². The summed E-state index contributed by atoms with van der Waals surface area (Å²) in [4.78, 5) is 61.9. The molecule has 0 saturated carbocycles. The van der Waals surface area contributed by atoms with Gasteiger partial charge in [0.15, 0.2) is 12.3 Å². The number of hydrogen-bond acceptors (Lipinski definition) is 16. The zero-order valence-corrected chi connectivity index (χ0v) is 44.8. The topological polar surface area (TPSA) is 286 Å². The summed E-state index contributed by atoms with van der Waals surface area (Å²) in [5.74, 6) is -1.40. The first kappa shape index (κ1) is 65.3. The molecule has 1 saturated heterocycles. The first-order chi connectivity index (χ1) is 35.1. The monoisotopic (exact) mass is 1070 g/mol. The number of anilines is 1. The fourth-order valence-corrected chi connectivity index (χ4v) is 9.41. The van der Waals surface area contributed by atoms with Crippen LogP contribution in [0.2, 0.25) is 0 Å². The maximum Gasteiger partial charge on any atom is 0.481 e. The second-order valence-corrected chi connectivity index (χ2v) is 20.9. The summed E-state index contributed by atoms with van der Waals surface area (Å²) >= 11 is 0. The Morgan fingerprint density at radius 1 is 0.740 bits per heavy atom. The smallest absolute Gasteiger partial charge is 0.462 e. The number of nitrogens with zero attached hydrogens (tertiary/aromatic N) is 2. The predicted octanol–water partition coefficient (Wildman–Crippen LogP) is 9.86. The lowest BCUT2D eigenvalue weighted by Crippen LogP contribution is -2.36. The number of phosphoric acid groups is 2. The highest BCUT2D eigenvalue weighted by atomic mass is 31.3. The molecule has 0 bridgehead atoms. The summed E-state index contributed by atoms with van der Waals surface area (Å²) in [5, 5.41) is 30.7. The number of aromatic nitrogens is 2. The maximum absolute atomic E-state index is 12.9. The number of aliphatic hydroxyl groups excluding tert-OH is 3. The number of carbonyl (C=O) groups is 2. The van der Waals surface area contributed by atoms with Crippen LogP contribution in [0.4, 0.5) is 5.82 Å². The Labute approximate surface area is 432 Å². The lowest BCUT2D eigenvalue weighted by atomic mass is 10.1. The van der Waals surface area contributed by atoms with Crippen LogP contribution in [-0.2, 0) is 46.3 Å². The Hall–Kier alpha value is -3.84. The van der Waals surface area contributed by atoms with Crippen molar-refractivity contribution in [3.8, 4) is 0 Å². The van der Waals surface area contributed by atoms with Gasteiger partial charge in [0.05, 0.1) is 19.3 Å². The van der Waals surface area contributed by atoms with Crippen molar-refractivity contribution in [3.63, 3.8) is 0 Å². The van der Waals surface area contributed by atoms with Gasteiger partial charge in [0, 0.05) is 19.0 Å². The van der Waals surface area contributed by atoms with E-state index in [9.17, 15) is 48.6 Å². The summed E-state index contributed by atoms with van der Waals surface area (Å²) in [7, 11) is -10.9. The minimum atomic E-state index is -5.45. The maximum atomic E-state index is 12.9. The Bertz CT molecular complexity index is 2020. The van der Waals surface area contributed by atoms with E-state index in [0.29, 0.717) is 32.1 Å². The number of nitrogen functional groups attached to an aromatic ring is 1. The van der Waals surface area contributed by atoms with E-state index < -0.39 is 89.8 Å².